The Hall–Kier alpha value is -2.43. The van der Waals surface area contributed by atoms with Gasteiger partial charge in [-0.3, -0.25) is 5.41 Å². The number of hydrogen-bond donors (Lipinski definition) is 2. The zero-order valence-corrected chi connectivity index (χ0v) is 17.4. The first-order chi connectivity index (χ1) is 14.5. The molecule has 31 heavy (non-hydrogen) atoms. The second-order valence-corrected chi connectivity index (χ2v) is 8.50. The first-order valence-corrected chi connectivity index (χ1v) is 10.4. The predicted octanol–water partition coefficient (Wildman–Crippen LogP) is 4.27. The number of ether oxygens (including phenoxy) is 1. The number of rotatable bonds is 4. The van der Waals surface area contributed by atoms with Gasteiger partial charge in [-0.2, -0.15) is 13.2 Å². The summed E-state index contributed by atoms with van der Waals surface area (Å²) in [6, 6.07) is 9.37. The van der Waals surface area contributed by atoms with E-state index < -0.39 is 23.9 Å². The fourth-order valence-electron chi connectivity index (χ4n) is 4.58. The number of alkyl halides is 3. The molecule has 4 rings (SSSR count). The topological polar surface area (TPSA) is 86.0 Å². The Kier molecular flexibility index (Phi) is 5.57. The van der Waals surface area contributed by atoms with E-state index in [1.54, 1.807) is 0 Å². The van der Waals surface area contributed by atoms with Gasteiger partial charge >= 0.3 is 6.18 Å². The van der Waals surface area contributed by atoms with E-state index in [2.05, 4.69) is 10.4 Å². The van der Waals surface area contributed by atoms with Gasteiger partial charge in [0.2, 0.25) is 5.62 Å². The summed E-state index contributed by atoms with van der Waals surface area (Å²) < 4.78 is 44.3. The van der Waals surface area contributed by atoms with Gasteiger partial charge in [-0.25, -0.2) is 19.7 Å². The molecular weight excluding hydrogens is 411 g/mol. The molecular formula is C21H26F3N5O2. The first-order valence-electron chi connectivity index (χ1n) is 10.4. The van der Waals surface area contributed by atoms with Crippen molar-refractivity contribution < 1.29 is 22.7 Å². The van der Waals surface area contributed by atoms with Gasteiger partial charge in [0, 0.05) is 11.1 Å². The lowest BCUT2D eigenvalue weighted by atomic mass is 9.84. The van der Waals surface area contributed by atoms with Gasteiger partial charge < -0.3 is 9.94 Å². The summed E-state index contributed by atoms with van der Waals surface area (Å²) in [4.78, 5) is 4.49. The number of nitrogens with zero attached hydrogens (tertiary/aromatic N) is 3. The molecule has 2 aliphatic rings. The van der Waals surface area contributed by atoms with Crippen LogP contribution in [0.2, 0.25) is 0 Å². The molecule has 2 aliphatic heterocycles. The van der Waals surface area contributed by atoms with E-state index >= 15 is 0 Å². The lowest BCUT2D eigenvalue weighted by Gasteiger charge is -2.37. The maximum absolute atomic E-state index is 13.1. The average molecular weight is 437 g/mol. The van der Waals surface area contributed by atoms with E-state index in [4.69, 9.17) is 10.1 Å². The van der Waals surface area contributed by atoms with Gasteiger partial charge in [-0.15, -0.1) is 0 Å². The molecule has 0 bridgehead atoms. The molecule has 2 N–H and O–H groups in total. The molecule has 3 heterocycles. The van der Waals surface area contributed by atoms with Gasteiger partial charge in [0.25, 0.3) is 0 Å². The zero-order valence-electron chi connectivity index (χ0n) is 17.4. The Morgan fingerprint density at radius 1 is 1.23 bits per heavy atom. The van der Waals surface area contributed by atoms with Crippen LogP contribution in [0.1, 0.15) is 44.6 Å². The molecule has 0 aliphatic carbocycles. The molecule has 3 atom stereocenters. The maximum Gasteiger partial charge on any atom is 0.394 e. The van der Waals surface area contributed by atoms with Crippen LogP contribution >= 0.6 is 0 Å². The Labute approximate surface area is 178 Å². The second kappa shape index (κ2) is 7.92. The molecule has 7 nitrogen and oxygen atoms in total. The molecule has 3 unspecified atom stereocenters. The van der Waals surface area contributed by atoms with Gasteiger partial charge in [-0.05, 0) is 32.6 Å². The van der Waals surface area contributed by atoms with Crippen LogP contribution in [0.15, 0.2) is 30.3 Å². The Morgan fingerprint density at radius 3 is 2.48 bits per heavy atom. The normalized spacial score (nSPS) is 28.3. The quantitative estimate of drug-likeness (QED) is 0.553. The van der Waals surface area contributed by atoms with Crippen LogP contribution in [-0.2, 0) is 11.4 Å². The number of benzene rings is 1. The first kappa shape index (κ1) is 21.8. The standard InChI is InChI=1S/C21H26F3N5O2/c1-13-10-16(11-14(2)31-13)17-18(15-6-4-3-5-7-15)26-20(25)28-12-29(30,27-19(17)28)9-8-21(22,23)24/h3-7,13-14,16,25,27H,8-12H2,1-2H3. The second-order valence-electron chi connectivity index (χ2n) is 8.50. The van der Waals surface area contributed by atoms with Gasteiger partial charge in [0.15, 0.2) is 12.5 Å². The molecule has 0 spiro atoms. The summed E-state index contributed by atoms with van der Waals surface area (Å²) in [5.74, 6) is 0.382. The predicted molar refractivity (Wildman–Crippen MR) is 108 cm³/mol. The van der Waals surface area contributed by atoms with Crippen molar-refractivity contribution in [1.82, 2.24) is 9.55 Å². The number of hydroxylamine groups is 2. The van der Waals surface area contributed by atoms with E-state index in [1.807, 2.05) is 44.2 Å². The van der Waals surface area contributed by atoms with E-state index in [0.29, 0.717) is 24.4 Å². The lowest BCUT2D eigenvalue weighted by molar-refractivity contribution is -0.875. The number of halogens is 3. The SMILES string of the molecule is CC1CC(c2c(-c3ccccc3)nc(=N)n3c2N[N+]([O-])(CCC(F)(F)F)C3)CC(C)O1. The fourth-order valence-corrected chi connectivity index (χ4v) is 4.58. The Bertz CT molecular complexity index is 1000. The highest BCUT2D eigenvalue weighted by Crippen LogP contribution is 2.43. The minimum absolute atomic E-state index is 0.00756. The van der Waals surface area contributed by atoms with Crippen molar-refractivity contribution in [3.05, 3.63) is 46.7 Å². The van der Waals surface area contributed by atoms with Crippen LogP contribution in [0.5, 0.6) is 0 Å². The zero-order chi connectivity index (χ0) is 22.4. The van der Waals surface area contributed by atoms with E-state index in [-0.39, 0.29) is 30.4 Å². The van der Waals surface area contributed by atoms with Crippen LogP contribution in [0, 0.1) is 10.6 Å². The summed E-state index contributed by atoms with van der Waals surface area (Å²) in [5.41, 5.74) is 4.78. The van der Waals surface area contributed by atoms with Gasteiger partial charge in [0.05, 0.1) is 24.3 Å². The molecule has 1 fully saturated rings. The highest BCUT2D eigenvalue weighted by Gasteiger charge is 2.39. The highest BCUT2D eigenvalue weighted by atomic mass is 19.4. The summed E-state index contributed by atoms with van der Waals surface area (Å²) in [7, 11) is 0. The number of fused-ring (bicyclic) bond motifs is 1. The monoisotopic (exact) mass is 437 g/mol. The summed E-state index contributed by atoms with van der Waals surface area (Å²) in [6.45, 7) is 2.96. The van der Waals surface area contributed by atoms with Crippen molar-refractivity contribution in [2.75, 3.05) is 12.0 Å². The van der Waals surface area contributed by atoms with Crippen molar-refractivity contribution in [2.45, 2.75) is 64.1 Å². The molecule has 0 saturated carbocycles. The number of anilines is 1. The van der Waals surface area contributed by atoms with Crippen molar-refractivity contribution >= 4 is 5.82 Å². The van der Waals surface area contributed by atoms with Crippen molar-refractivity contribution in [1.29, 1.82) is 5.41 Å². The smallest absolute Gasteiger partial charge is 0.394 e. The molecule has 2 aromatic rings. The van der Waals surface area contributed by atoms with E-state index in [9.17, 15) is 18.4 Å². The maximum atomic E-state index is 13.1. The minimum atomic E-state index is -4.43. The van der Waals surface area contributed by atoms with Crippen LogP contribution in [0.25, 0.3) is 11.3 Å². The van der Waals surface area contributed by atoms with Crippen LogP contribution in [0.3, 0.4) is 0 Å². The Balaban J connectivity index is 1.81. The molecule has 1 saturated heterocycles. The van der Waals surface area contributed by atoms with Crippen molar-refractivity contribution in [3.8, 4) is 11.3 Å². The average Bonchev–Trinajstić information content (AvgIpc) is 3.04. The number of nitrogens with one attached hydrogen (secondary N) is 2. The summed E-state index contributed by atoms with van der Waals surface area (Å²) in [5, 5.41) is 21.5. The molecule has 0 radical (unpaired) electrons. The van der Waals surface area contributed by atoms with Crippen LogP contribution in [0.4, 0.5) is 19.0 Å². The molecule has 0 amide bonds. The molecule has 1 aromatic heterocycles. The third-order valence-electron chi connectivity index (χ3n) is 5.84. The van der Waals surface area contributed by atoms with Gasteiger partial charge in [-0.1, -0.05) is 30.3 Å². The largest absolute Gasteiger partial charge is 0.605 e. The van der Waals surface area contributed by atoms with Crippen molar-refractivity contribution in [3.63, 3.8) is 0 Å². The molecule has 1 aromatic carbocycles. The summed E-state index contributed by atoms with van der Waals surface area (Å²) >= 11 is 0. The number of hydrogen-bond acceptors (Lipinski definition) is 5. The fraction of sp³-hybridized carbons (Fsp3) is 0.524. The summed E-state index contributed by atoms with van der Waals surface area (Å²) in [6.07, 6.45) is -4.26. The number of quaternary nitrogens is 1. The third-order valence-corrected chi connectivity index (χ3v) is 5.84. The van der Waals surface area contributed by atoms with E-state index in [0.717, 1.165) is 11.1 Å². The van der Waals surface area contributed by atoms with Crippen LogP contribution < -0.4 is 11.0 Å². The highest BCUT2D eigenvalue weighted by molar-refractivity contribution is 5.69. The molecule has 10 heteroatoms. The lowest BCUT2D eigenvalue weighted by Crippen LogP contribution is -2.45. The Morgan fingerprint density at radius 2 is 1.87 bits per heavy atom. The van der Waals surface area contributed by atoms with Crippen molar-refractivity contribution in [2.24, 2.45) is 0 Å². The van der Waals surface area contributed by atoms with Crippen LogP contribution in [-0.4, -0.2) is 39.2 Å². The van der Waals surface area contributed by atoms with Gasteiger partial charge in [0.1, 0.15) is 6.54 Å². The minimum Gasteiger partial charge on any atom is -0.605 e. The number of aromatic nitrogens is 2. The molecule has 168 valence electrons. The third kappa shape index (κ3) is 4.60. The van der Waals surface area contributed by atoms with E-state index in [1.165, 1.54) is 4.57 Å².